The molecule has 1 nitrogen and oxygen atoms in total. The zero-order valence-corrected chi connectivity index (χ0v) is 31.5. The predicted octanol–water partition coefficient (Wildman–Crippen LogP) is 7.21. The van der Waals surface area contributed by atoms with Crippen LogP contribution in [0.1, 0.15) is 33.4 Å². The third-order valence-electron chi connectivity index (χ3n) is 11.1. The van der Waals surface area contributed by atoms with Crippen molar-refractivity contribution in [1.82, 2.24) is 0 Å². The lowest BCUT2D eigenvalue weighted by molar-refractivity contribution is 1.30. The molecule has 0 fully saturated rings. The number of anilines is 3. The average Bonchev–Trinajstić information content (AvgIpc) is 3.13. The van der Waals surface area contributed by atoms with Gasteiger partial charge in [0.05, 0.1) is 0 Å². The maximum atomic E-state index is 2.59. The first kappa shape index (κ1) is 32.8. The molecule has 7 aromatic rings. The van der Waals surface area contributed by atoms with Crippen molar-refractivity contribution in [1.29, 1.82) is 0 Å². The zero-order valence-electron chi connectivity index (χ0n) is 30.5. The first-order valence-electron chi connectivity index (χ1n) is 18.1. The number of hydrogen-bond donors (Lipinski definition) is 0. The Kier molecular flexibility index (Phi) is 8.40. The van der Waals surface area contributed by atoms with Crippen LogP contribution in [0.2, 0.25) is 0 Å². The van der Waals surface area contributed by atoms with Gasteiger partial charge in [-0.3, -0.25) is 0 Å². The molecule has 248 valence electrons. The molecule has 0 unspecified atom stereocenters. The summed E-state index contributed by atoms with van der Waals surface area (Å²) in [6.45, 7) is 13.7. The molecule has 0 bridgehead atoms. The minimum atomic E-state index is -2.71. The molecule has 0 aromatic heterocycles. The van der Waals surface area contributed by atoms with Gasteiger partial charge in [-0.1, -0.05) is 184 Å². The summed E-state index contributed by atoms with van der Waals surface area (Å²) >= 11 is 0. The quantitative estimate of drug-likeness (QED) is 0.169. The molecule has 0 aliphatic carbocycles. The topological polar surface area (TPSA) is 3.24 Å². The first-order valence-corrected chi connectivity index (χ1v) is 20.1. The number of rotatable bonds is 6. The maximum Gasteiger partial charge on any atom is 0.245 e. The van der Waals surface area contributed by atoms with Gasteiger partial charge in [0.2, 0.25) is 6.71 Å². The van der Waals surface area contributed by atoms with Crippen LogP contribution in [0.15, 0.2) is 158 Å². The van der Waals surface area contributed by atoms with Gasteiger partial charge in [0.1, 0.15) is 0 Å². The number of para-hydroxylation sites is 3. The van der Waals surface area contributed by atoms with Crippen LogP contribution in [-0.2, 0) is 0 Å². The van der Waals surface area contributed by atoms with E-state index in [4.69, 9.17) is 0 Å². The van der Waals surface area contributed by atoms with Crippen molar-refractivity contribution in [2.24, 2.45) is 0 Å². The monoisotopic (exact) mass is 673 g/mol. The first-order chi connectivity index (χ1) is 24.8. The molecule has 0 radical (unpaired) electrons. The molecule has 0 N–H and O–H groups in total. The van der Waals surface area contributed by atoms with E-state index in [2.05, 4.69) is 204 Å². The Hall–Kier alpha value is -5.38. The van der Waals surface area contributed by atoms with Crippen LogP contribution in [0.3, 0.4) is 0 Å². The standard InChI is InChI=1S/C48H44BNSi/c1-33-29-35(3)47(36(4)30-33)49(48-37(5)31-34(2)32-38(48)6)41-23-13-14-24-42(41)50-43-25-15-17-27-45(43)51(39-19-9-7-10-20-39,40-21-11-8-12-22-40)46-28-18-16-26-44(46)50/h7-32H,1-6H3. The third-order valence-corrected chi connectivity index (χ3v) is 15.9. The SMILES string of the molecule is Cc1cc(C)c(B(c2ccccc2N2c3ccccc3[Si](c3ccccc3)(c3ccccc3)c3ccccc32)c2c(C)cc(C)cc2C)c(C)c1. The molecule has 1 heterocycles. The highest BCUT2D eigenvalue weighted by atomic mass is 28.3. The Morgan fingerprint density at radius 3 is 1.18 bits per heavy atom. The van der Waals surface area contributed by atoms with E-state index in [9.17, 15) is 0 Å². The number of fused-ring (bicyclic) bond motifs is 2. The van der Waals surface area contributed by atoms with E-state index in [1.807, 2.05) is 0 Å². The zero-order chi connectivity index (χ0) is 35.3. The summed E-state index contributed by atoms with van der Waals surface area (Å²) in [5.74, 6) is 0. The van der Waals surface area contributed by atoms with Crippen LogP contribution in [0.4, 0.5) is 17.1 Å². The molecule has 0 saturated carbocycles. The predicted molar refractivity (Wildman–Crippen MR) is 224 cm³/mol. The summed E-state index contributed by atoms with van der Waals surface area (Å²) in [7, 11) is -2.71. The summed E-state index contributed by atoms with van der Waals surface area (Å²) < 4.78 is 0. The van der Waals surface area contributed by atoms with E-state index in [1.165, 1.54) is 87.6 Å². The fraction of sp³-hybridized carbons (Fsp3) is 0.125. The Labute approximate surface area is 305 Å². The van der Waals surface area contributed by atoms with Gasteiger partial charge in [-0.2, -0.15) is 0 Å². The number of hydrogen-bond acceptors (Lipinski definition) is 1. The minimum absolute atomic E-state index is 0.0499. The van der Waals surface area contributed by atoms with Crippen molar-refractivity contribution in [3.63, 3.8) is 0 Å². The highest BCUT2D eigenvalue weighted by Gasteiger charge is 2.49. The number of benzene rings is 7. The van der Waals surface area contributed by atoms with Crippen LogP contribution in [0.25, 0.3) is 0 Å². The normalized spacial score (nSPS) is 13.0. The van der Waals surface area contributed by atoms with Gasteiger partial charge >= 0.3 is 0 Å². The molecule has 0 spiro atoms. The smallest absolute Gasteiger partial charge is 0.245 e. The van der Waals surface area contributed by atoms with Crippen molar-refractivity contribution in [2.75, 3.05) is 4.90 Å². The Balaban J connectivity index is 1.47. The molecule has 1 aliphatic rings. The van der Waals surface area contributed by atoms with Crippen LogP contribution >= 0.6 is 0 Å². The molecule has 1 aliphatic heterocycles. The molecule has 51 heavy (non-hydrogen) atoms. The van der Waals surface area contributed by atoms with Crippen molar-refractivity contribution in [3.05, 3.63) is 191 Å². The van der Waals surface area contributed by atoms with Crippen LogP contribution < -0.4 is 42.0 Å². The van der Waals surface area contributed by atoms with Gasteiger partial charge < -0.3 is 4.90 Å². The lowest BCUT2D eigenvalue weighted by atomic mass is 9.34. The number of nitrogens with zero attached hydrogens (tertiary/aromatic N) is 1. The van der Waals surface area contributed by atoms with E-state index < -0.39 is 8.07 Å². The van der Waals surface area contributed by atoms with Gasteiger partial charge in [-0.15, -0.1) is 0 Å². The van der Waals surface area contributed by atoms with E-state index in [0.29, 0.717) is 0 Å². The summed E-state index contributed by atoms with van der Waals surface area (Å²) in [4.78, 5) is 2.59. The molecule has 8 rings (SSSR count). The molecule has 7 aromatic carbocycles. The van der Waals surface area contributed by atoms with Gasteiger partial charge in [0.15, 0.2) is 8.07 Å². The summed E-state index contributed by atoms with van der Waals surface area (Å²) in [6.07, 6.45) is 0. The highest BCUT2D eigenvalue weighted by molar-refractivity contribution is 7.21. The molecule has 0 atom stereocenters. The fourth-order valence-corrected chi connectivity index (χ4v) is 14.5. The van der Waals surface area contributed by atoms with Crippen LogP contribution in [-0.4, -0.2) is 14.8 Å². The minimum Gasteiger partial charge on any atom is -0.311 e. The van der Waals surface area contributed by atoms with E-state index in [1.54, 1.807) is 0 Å². The Bertz CT molecular complexity index is 2200. The molecule has 0 amide bonds. The van der Waals surface area contributed by atoms with E-state index in [-0.39, 0.29) is 6.71 Å². The number of aryl methyl sites for hydroxylation is 6. The largest absolute Gasteiger partial charge is 0.311 e. The second-order valence-corrected chi connectivity index (χ2v) is 18.2. The Morgan fingerprint density at radius 2 is 0.745 bits per heavy atom. The highest BCUT2D eigenvalue weighted by Crippen LogP contribution is 2.37. The summed E-state index contributed by atoms with van der Waals surface area (Å²) in [5.41, 5.74) is 15.8. The van der Waals surface area contributed by atoms with Crippen LogP contribution in [0.5, 0.6) is 0 Å². The van der Waals surface area contributed by atoms with E-state index >= 15 is 0 Å². The molecule has 0 saturated heterocycles. The van der Waals surface area contributed by atoms with Crippen molar-refractivity contribution in [3.8, 4) is 0 Å². The maximum absolute atomic E-state index is 2.71. The molecular formula is C48H44BNSi. The summed E-state index contributed by atoms with van der Waals surface area (Å²) in [6, 6.07) is 59.7. The molecular weight excluding hydrogens is 629 g/mol. The lowest BCUT2D eigenvalue weighted by Gasteiger charge is -2.45. The van der Waals surface area contributed by atoms with Gasteiger partial charge in [0.25, 0.3) is 0 Å². The van der Waals surface area contributed by atoms with Crippen LogP contribution in [0, 0.1) is 41.5 Å². The van der Waals surface area contributed by atoms with Gasteiger partial charge in [0, 0.05) is 17.1 Å². The second kappa shape index (κ2) is 13.1. The lowest BCUT2D eigenvalue weighted by Crippen LogP contribution is -2.77. The van der Waals surface area contributed by atoms with E-state index in [0.717, 1.165) is 0 Å². The third kappa shape index (κ3) is 5.30. The fourth-order valence-electron chi connectivity index (χ4n) is 9.35. The van der Waals surface area contributed by atoms with Gasteiger partial charge in [-0.25, -0.2) is 0 Å². The van der Waals surface area contributed by atoms with Crippen molar-refractivity contribution < 1.29 is 0 Å². The van der Waals surface area contributed by atoms with Gasteiger partial charge in [-0.05, 0) is 86.0 Å². The average molecular weight is 674 g/mol. The Morgan fingerprint density at radius 1 is 0.392 bits per heavy atom. The second-order valence-electron chi connectivity index (χ2n) is 14.5. The van der Waals surface area contributed by atoms with Crippen molar-refractivity contribution in [2.45, 2.75) is 41.5 Å². The summed E-state index contributed by atoms with van der Waals surface area (Å²) in [5, 5.41) is 5.63. The van der Waals surface area contributed by atoms with Crippen molar-refractivity contribution >= 4 is 69.0 Å². The molecule has 3 heteroatoms.